The monoisotopic (exact) mass is 344 g/mol. The van der Waals surface area contributed by atoms with Crippen molar-refractivity contribution in [1.29, 1.82) is 0 Å². The van der Waals surface area contributed by atoms with Crippen LogP contribution >= 0.6 is 30.1 Å². The molecule has 1 N–H and O–H groups in total. The first-order valence-electron chi connectivity index (χ1n) is 4.57. The Morgan fingerprint density at radius 3 is 3.06 bits per heavy atom. The van der Waals surface area contributed by atoms with Gasteiger partial charge in [-0.3, -0.25) is 4.40 Å². The SMILES string of the molecule is CNc1nc(C#CSI)cn2c(C)cnc12. The van der Waals surface area contributed by atoms with Crippen LogP contribution in [-0.2, 0) is 0 Å². The summed E-state index contributed by atoms with van der Waals surface area (Å²) >= 11 is 2.14. The van der Waals surface area contributed by atoms with E-state index in [1.54, 1.807) is 0 Å². The van der Waals surface area contributed by atoms with Crippen LogP contribution in [0, 0.1) is 18.1 Å². The van der Waals surface area contributed by atoms with Crippen molar-refractivity contribution >= 4 is 41.6 Å². The highest BCUT2D eigenvalue weighted by atomic mass is 127. The maximum Gasteiger partial charge on any atom is 0.180 e. The maximum absolute atomic E-state index is 4.39. The summed E-state index contributed by atoms with van der Waals surface area (Å²) < 4.78 is 1.99. The Morgan fingerprint density at radius 2 is 2.38 bits per heavy atom. The van der Waals surface area contributed by atoms with Gasteiger partial charge in [-0.05, 0) is 27.0 Å². The van der Waals surface area contributed by atoms with Gasteiger partial charge in [0.15, 0.2) is 11.5 Å². The summed E-state index contributed by atoms with van der Waals surface area (Å²) in [4.78, 5) is 8.68. The number of nitrogens with one attached hydrogen (secondary N) is 1. The lowest BCUT2D eigenvalue weighted by molar-refractivity contribution is 1.06. The second-order valence-corrected chi connectivity index (χ2v) is 4.80. The highest BCUT2D eigenvalue weighted by Gasteiger charge is 2.06. The Kier molecular flexibility index (Phi) is 3.56. The molecule has 6 heteroatoms. The van der Waals surface area contributed by atoms with E-state index in [0.29, 0.717) is 0 Å². The van der Waals surface area contributed by atoms with Gasteiger partial charge in [-0.25, -0.2) is 9.97 Å². The molecular formula is C10H9IN4S. The fraction of sp³-hybridized carbons (Fsp3) is 0.200. The van der Waals surface area contributed by atoms with E-state index < -0.39 is 0 Å². The van der Waals surface area contributed by atoms with Crippen LogP contribution in [0.15, 0.2) is 12.4 Å². The van der Waals surface area contributed by atoms with Crippen LogP contribution in [0.4, 0.5) is 5.82 Å². The Bertz CT molecular complexity index is 581. The van der Waals surface area contributed by atoms with E-state index in [0.717, 1.165) is 22.9 Å². The van der Waals surface area contributed by atoms with Gasteiger partial charge in [-0.1, -0.05) is 0 Å². The van der Waals surface area contributed by atoms with E-state index >= 15 is 0 Å². The second kappa shape index (κ2) is 4.93. The van der Waals surface area contributed by atoms with E-state index in [2.05, 4.69) is 47.7 Å². The van der Waals surface area contributed by atoms with Crippen molar-refractivity contribution in [2.45, 2.75) is 6.92 Å². The summed E-state index contributed by atoms with van der Waals surface area (Å²) in [6.45, 7) is 2.00. The van der Waals surface area contributed by atoms with Gasteiger partial charge in [0.05, 0.1) is 0 Å². The molecule has 0 unspecified atom stereocenters. The molecule has 82 valence electrons. The molecule has 2 heterocycles. The Balaban J connectivity index is 2.65. The molecule has 0 aliphatic carbocycles. The summed E-state index contributed by atoms with van der Waals surface area (Å²) in [5.41, 5.74) is 2.63. The molecule has 0 fully saturated rings. The smallest absolute Gasteiger partial charge is 0.180 e. The number of aromatic nitrogens is 3. The van der Waals surface area contributed by atoms with Gasteiger partial charge in [-0.2, -0.15) is 0 Å². The van der Waals surface area contributed by atoms with Gasteiger partial charge < -0.3 is 5.32 Å². The van der Waals surface area contributed by atoms with Crippen LogP contribution < -0.4 is 5.32 Å². The van der Waals surface area contributed by atoms with Crippen LogP contribution in [-0.4, -0.2) is 21.4 Å². The third-order valence-electron chi connectivity index (χ3n) is 2.13. The van der Waals surface area contributed by atoms with E-state index in [-0.39, 0.29) is 0 Å². The van der Waals surface area contributed by atoms with Crippen molar-refractivity contribution in [1.82, 2.24) is 14.4 Å². The number of hydrogen-bond acceptors (Lipinski definition) is 4. The third kappa shape index (κ3) is 2.10. The number of imidazole rings is 1. The lowest BCUT2D eigenvalue weighted by Crippen LogP contribution is -2.00. The van der Waals surface area contributed by atoms with Crippen LogP contribution in [0.5, 0.6) is 0 Å². The zero-order valence-corrected chi connectivity index (χ0v) is 11.8. The number of aryl methyl sites for hydroxylation is 1. The van der Waals surface area contributed by atoms with Gasteiger partial charge >= 0.3 is 0 Å². The minimum absolute atomic E-state index is 0.738. The number of nitrogens with zero attached hydrogens (tertiary/aromatic N) is 3. The quantitative estimate of drug-likeness (QED) is 0.638. The topological polar surface area (TPSA) is 42.2 Å². The first-order chi connectivity index (χ1) is 7.76. The minimum atomic E-state index is 0.738. The lowest BCUT2D eigenvalue weighted by atomic mass is 10.4. The number of halogens is 1. The van der Waals surface area contributed by atoms with Crippen molar-refractivity contribution in [3.63, 3.8) is 0 Å². The van der Waals surface area contributed by atoms with Crippen molar-refractivity contribution in [3.05, 3.63) is 23.8 Å². The average Bonchev–Trinajstić information content (AvgIpc) is 2.68. The predicted octanol–water partition coefficient (Wildman–Crippen LogP) is 2.47. The van der Waals surface area contributed by atoms with Crippen LogP contribution in [0.1, 0.15) is 11.4 Å². The Morgan fingerprint density at radius 1 is 1.56 bits per heavy atom. The summed E-state index contributed by atoms with van der Waals surface area (Å²) in [6.07, 6.45) is 3.72. The summed E-state index contributed by atoms with van der Waals surface area (Å²) in [5, 5.41) is 5.95. The molecule has 0 aliphatic heterocycles. The molecule has 0 atom stereocenters. The zero-order valence-electron chi connectivity index (χ0n) is 8.78. The van der Waals surface area contributed by atoms with E-state index in [1.807, 2.05) is 30.8 Å². The van der Waals surface area contributed by atoms with Crippen LogP contribution in [0.3, 0.4) is 0 Å². The minimum Gasteiger partial charge on any atom is -0.370 e. The molecular weight excluding hydrogens is 335 g/mol. The van der Waals surface area contributed by atoms with Gasteiger partial charge in [0.1, 0.15) is 5.69 Å². The molecule has 2 aromatic rings. The molecule has 0 aliphatic rings. The van der Waals surface area contributed by atoms with Gasteiger partial charge in [0, 0.05) is 46.3 Å². The lowest BCUT2D eigenvalue weighted by Gasteiger charge is -2.03. The molecule has 0 spiro atoms. The maximum atomic E-state index is 4.39. The summed E-state index contributed by atoms with van der Waals surface area (Å²) in [7, 11) is 3.28. The molecule has 2 aromatic heterocycles. The standard InChI is InChI=1S/C10H9IN4S/c1-7-5-13-10-9(12-2)14-8(3-4-16-11)6-15(7)10/h5-6H,1-2H3,(H,12,14). The predicted molar refractivity (Wildman–Crippen MR) is 75.8 cm³/mol. The number of hydrogen-bond donors (Lipinski definition) is 1. The third-order valence-corrected chi connectivity index (χ3v) is 2.97. The van der Waals surface area contributed by atoms with Crippen molar-refractivity contribution in [3.8, 4) is 11.2 Å². The molecule has 4 nitrogen and oxygen atoms in total. The van der Waals surface area contributed by atoms with Crippen LogP contribution in [0.2, 0.25) is 0 Å². The van der Waals surface area contributed by atoms with Gasteiger partial charge in [0.25, 0.3) is 0 Å². The molecule has 0 saturated heterocycles. The Hall–Kier alpha value is -0.940. The van der Waals surface area contributed by atoms with Gasteiger partial charge in [0.2, 0.25) is 0 Å². The van der Waals surface area contributed by atoms with Crippen LogP contribution in [0.25, 0.3) is 5.65 Å². The zero-order chi connectivity index (χ0) is 11.5. The van der Waals surface area contributed by atoms with E-state index in [4.69, 9.17) is 0 Å². The number of rotatable bonds is 1. The number of fused-ring (bicyclic) bond motifs is 1. The fourth-order valence-corrected chi connectivity index (χ4v) is 1.88. The van der Waals surface area contributed by atoms with E-state index in [1.165, 1.54) is 8.93 Å². The highest BCUT2D eigenvalue weighted by molar-refractivity contribution is 14.2. The molecule has 0 bridgehead atoms. The Labute approximate surface area is 110 Å². The average molecular weight is 344 g/mol. The van der Waals surface area contributed by atoms with Crippen molar-refractivity contribution in [2.24, 2.45) is 0 Å². The van der Waals surface area contributed by atoms with E-state index in [9.17, 15) is 0 Å². The first-order valence-corrected chi connectivity index (χ1v) is 7.93. The number of anilines is 1. The second-order valence-electron chi connectivity index (χ2n) is 3.12. The fourth-order valence-electron chi connectivity index (χ4n) is 1.41. The highest BCUT2D eigenvalue weighted by Crippen LogP contribution is 2.15. The molecule has 16 heavy (non-hydrogen) atoms. The molecule has 0 radical (unpaired) electrons. The van der Waals surface area contributed by atoms with Crippen molar-refractivity contribution in [2.75, 3.05) is 12.4 Å². The normalized spacial score (nSPS) is 9.94. The molecule has 2 rings (SSSR count). The molecule has 0 amide bonds. The van der Waals surface area contributed by atoms with Gasteiger partial charge in [-0.15, -0.1) is 0 Å². The molecule has 0 saturated carbocycles. The summed E-state index contributed by atoms with van der Waals surface area (Å²) in [6, 6.07) is 0. The van der Waals surface area contributed by atoms with Crippen molar-refractivity contribution < 1.29 is 0 Å². The largest absolute Gasteiger partial charge is 0.370 e. The first kappa shape index (κ1) is 11.5. The summed E-state index contributed by atoms with van der Waals surface area (Å²) in [5.74, 6) is 3.73. The molecule has 0 aromatic carbocycles.